The lowest BCUT2D eigenvalue weighted by Gasteiger charge is -2.22. The zero-order valence-electron chi connectivity index (χ0n) is 17.7. The Hall–Kier alpha value is -2.26. The number of esters is 1. The van der Waals surface area contributed by atoms with Gasteiger partial charge in [-0.2, -0.15) is 4.31 Å². The number of ether oxygens (including phenoxy) is 2. The molecule has 0 aromatic heterocycles. The van der Waals surface area contributed by atoms with Crippen LogP contribution in [0.5, 0.6) is 0 Å². The Balaban J connectivity index is 1.75. The van der Waals surface area contributed by atoms with Crippen LogP contribution in [-0.4, -0.2) is 56.7 Å². The van der Waals surface area contributed by atoms with Crippen LogP contribution in [0.1, 0.15) is 40.7 Å². The van der Waals surface area contributed by atoms with Crippen molar-refractivity contribution in [1.29, 1.82) is 0 Å². The van der Waals surface area contributed by atoms with E-state index in [1.165, 1.54) is 23.5 Å². The zero-order valence-corrected chi connectivity index (χ0v) is 18.5. The average Bonchev–Trinajstić information content (AvgIpc) is 3.04. The van der Waals surface area contributed by atoms with Crippen LogP contribution < -0.4 is 0 Å². The summed E-state index contributed by atoms with van der Waals surface area (Å²) in [4.78, 5) is 12.0. The number of methoxy groups -OCH3 is 1. The normalized spacial score (nSPS) is 17.8. The summed E-state index contributed by atoms with van der Waals surface area (Å²) in [5, 5.41) is 9.36. The number of carbonyl (C=O) groups is 1. The SMILES string of the molecule is COC(=O)c1ccc(CCO)c(S(=O)(=O)N2CCCC(OCc3ccccc3)CC2)c1. The Kier molecular flexibility index (Phi) is 8.20. The van der Waals surface area contributed by atoms with Crippen LogP contribution in [0.3, 0.4) is 0 Å². The number of aliphatic hydroxyl groups excluding tert-OH is 1. The highest BCUT2D eigenvalue weighted by Gasteiger charge is 2.30. The number of aliphatic hydroxyl groups is 1. The summed E-state index contributed by atoms with van der Waals surface area (Å²) in [6, 6.07) is 14.3. The summed E-state index contributed by atoms with van der Waals surface area (Å²) in [7, 11) is -2.58. The number of nitrogens with zero attached hydrogens (tertiary/aromatic N) is 1. The second kappa shape index (κ2) is 10.9. The van der Waals surface area contributed by atoms with E-state index < -0.39 is 16.0 Å². The first-order valence-corrected chi connectivity index (χ1v) is 11.9. The molecule has 2 aromatic carbocycles. The van der Waals surface area contributed by atoms with E-state index >= 15 is 0 Å². The van der Waals surface area contributed by atoms with E-state index in [9.17, 15) is 18.3 Å². The highest BCUT2D eigenvalue weighted by Crippen LogP contribution is 2.26. The van der Waals surface area contributed by atoms with Crippen molar-refractivity contribution in [2.75, 3.05) is 26.8 Å². The molecule has 1 unspecified atom stereocenters. The van der Waals surface area contributed by atoms with Gasteiger partial charge in [0.15, 0.2) is 0 Å². The van der Waals surface area contributed by atoms with Crippen LogP contribution in [0, 0.1) is 0 Å². The Bertz CT molecular complexity index is 977. The molecule has 1 fully saturated rings. The van der Waals surface area contributed by atoms with E-state index in [-0.39, 0.29) is 29.6 Å². The van der Waals surface area contributed by atoms with Crippen molar-refractivity contribution < 1.29 is 27.8 Å². The van der Waals surface area contributed by atoms with Gasteiger partial charge in [0.1, 0.15) is 0 Å². The molecule has 0 bridgehead atoms. The summed E-state index contributed by atoms with van der Waals surface area (Å²) in [6.07, 6.45) is 2.23. The van der Waals surface area contributed by atoms with Crippen LogP contribution in [-0.2, 0) is 32.5 Å². The zero-order chi connectivity index (χ0) is 22.3. The molecule has 1 saturated heterocycles. The van der Waals surface area contributed by atoms with Gasteiger partial charge in [0, 0.05) is 19.7 Å². The predicted octanol–water partition coefficient (Wildman–Crippen LogP) is 2.77. The topological polar surface area (TPSA) is 93.1 Å². The first-order chi connectivity index (χ1) is 15.0. The van der Waals surface area contributed by atoms with E-state index in [4.69, 9.17) is 9.47 Å². The Morgan fingerprint density at radius 2 is 1.90 bits per heavy atom. The predicted molar refractivity (Wildman–Crippen MR) is 116 cm³/mol. The highest BCUT2D eigenvalue weighted by atomic mass is 32.2. The lowest BCUT2D eigenvalue weighted by molar-refractivity contribution is 0.0323. The molecular formula is C23H29NO6S. The third kappa shape index (κ3) is 5.92. The number of rotatable bonds is 8. The monoisotopic (exact) mass is 447 g/mol. The Labute approximate surface area is 183 Å². The maximum Gasteiger partial charge on any atom is 0.337 e. The molecule has 8 heteroatoms. The molecule has 168 valence electrons. The van der Waals surface area contributed by atoms with Crippen molar-refractivity contribution in [1.82, 2.24) is 4.31 Å². The van der Waals surface area contributed by atoms with Crippen molar-refractivity contribution >= 4 is 16.0 Å². The van der Waals surface area contributed by atoms with Crippen molar-refractivity contribution in [3.8, 4) is 0 Å². The van der Waals surface area contributed by atoms with Gasteiger partial charge in [-0.3, -0.25) is 0 Å². The van der Waals surface area contributed by atoms with Crippen LogP contribution in [0.25, 0.3) is 0 Å². The molecule has 2 aromatic rings. The molecule has 0 aliphatic carbocycles. The summed E-state index contributed by atoms with van der Waals surface area (Å²) in [6.45, 7) is 1.03. The van der Waals surface area contributed by atoms with Gasteiger partial charge in [0.2, 0.25) is 10.0 Å². The molecule has 0 amide bonds. The van der Waals surface area contributed by atoms with Crippen LogP contribution >= 0.6 is 0 Å². The van der Waals surface area contributed by atoms with Gasteiger partial charge in [-0.25, -0.2) is 13.2 Å². The minimum Gasteiger partial charge on any atom is -0.465 e. The molecule has 7 nitrogen and oxygen atoms in total. The van der Waals surface area contributed by atoms with Crippen LogP contribution in [0.4, 0.5) is 0 Å². The lowest BCUT2D eigenvalue weighted by atomic mass is 10.1. The van der Waals surface area contributed by atoms with Crippen molar-refractivity contribution in [3.63, 3.8) is 0 Å². The smallest absolute Gasteiger partial charge is 0.337 e. The average molecular weight is 448 g/mol. The van der Waals surface area contributed by atoms with E-state index in [1.807, 2.05) is 30.3 Å². The fourth-order valence-electron chi connectivity index (χ4n) is 3.74. The Morgan fingerprint density at radius 3 is 2.61 bits per heavy atom. The van der Waals surface area contributed by atoms with Crippen molar-refractivity contribution in [3.05, 3.63) is 65.2 Å². The fourth-order valence-corrected chi connectivity index (χ4v) is 5.51. The first-order valence-electron chi connectivity index (χ1n) is 10.4. The molecule has 1 atom stereocenters. The molecule has 1 aliphatic rings. The number of benzene rings is 2. The number of hydrogen-bond acceptors (Lipinski definition) is 6. The van der Waals surface area contributed by atoms with Gasteiger partial charge in [-0.1, -0.05) is 36.4 Å². The molecule has 0 radical (unpaired) electrons. The van der Waals surface area contributed by atoms with Gasteiger partial charge in [0.25, 0.3) is 0 Å². The number of sulfonamides is 1. The fraction of sp³-hybridized carbons (Fsp3) is 0.435. The maximum atomic E-state index is 13.4. The summed E-state index contributed by atoms with van der Waals surface area (Å²) < 4.78 is 39.1. The van der Waals surface area contributed by atoms with Gasteiger partial charge in [-0.15, -0.1) is 0 Å². The van der Waals surface area contributed by atoms with Gasteiger partial charge < -0.3 is 14.6 Å². The highest BCUT2D eigenvalue weighted by molar-refractivity contribution is 7.89. The molecule has 0 saturated carbocycles. The molecule has 31 heavy (non-hydrogen) atoms. The standard InChI is InChI=1S/C23H29NO6S/c1-29-23(26)20-10-9-19(12-15-25)22(16-20)31(27,28)24-13-5-8-21(11-14-24)30-17-18-6-3-2-4-7-18/h2-4,6-7,9-10,16,21,25H,5,8,11-15,17H2,1H3. The second-order valence-electron chi connectivity index (χ2n) is 7.54. The van der Waals surface area contributed by atoms with E-state index in [0.29, 0.717) is 38.1 Å². The van der Waals surface area contributed by atoms with E-state index in [1.54, 1.807) is 6.07 Å². The summed E-state index contributed by atoms with van der Waals surface area (Å²) >= 11 is 0. The Morgan fingerprint density at radius 1 is 1.13 bits per heavy atom. The molecule has 3 rings (SSSR count). The molecular weight excluding hydrogens is 418 g/mol. The second-order valence-corrected chi connectivity index (χ2v) is 9.45. The third-order valence-corrected chi connectivity index (χ3v) is 7.43. The largest absolute Gasteiger partial charge is 0.465 e. The van der Waals surface area contributed by atoms with Gasteiger partial charge in [-0.05, 0) is 48.9 Å². The van der Waals surface area contributed by atoms with Gasteiger partial charge >= 0.3 is 5.97 Å². The van der Waals surface area contributed by atoms with Crippen molar-refractivity contribution in [2.45, 2.75) is 43.3 Å². The molecule has 0 spiro atoms. The van der Waals surface area contributed by atoms with E-state index in [2.05, 4.69) is 0 Å². The lowest BCUT2D eigenvalue weighted by Crippen LogP contribution is -2.33. The molecule has 1 heterocycles. The van der Waals surface area contributed by atoms with E-state index in [0.717, 1.165) is 12.0 Å². The number of hydrogen-bond donors (Lipinski definition) is 1. The summed E-state index contributed by atoms with van der Waals surface area (Å²) in [5.74, 6) is -0.600. The first kappa shape index (κ1) is 23.4. The summed E-state index contributed by atoms with van der Waals surface area (Å²) in [5.41, 5.74) is 1.74. The minimum atomic E-state index is -3.83. The van der Waals surface area contributed by atoms with Gasteiger partial charge in [0.05, 0.1) is 30.3 Å². The molecule has 1 N–H and O–H groups in total. The van der Waals surface area contributed by atoms with Crippen LogP contribution in [0.2, 0.25) is 0 Å². The maximum absolute atomic E-state index is 13.4. The minimum absolute atomic E-state index is 0.0151. The quantitative estimate of drug-likeness (QED) is 0.626. The van der Waals surface area contributed by atoms with Crippen LogP contribution in [0.15, 0.2) is 53.4 Å². The molecule has 1 aliphatic heterocycles. The number of carbonyl (C=O) groups excluding carboxylic acids is 1. The third-order valence-electron chi connectivity index (χ3n) is 5.45. The van der Waals surface area contributed by atoms with Crippen molar-refractivity contribution in [2.24, 2.45) is 0 Å².